The Hall–Kier alpha value is -3.37. The molecular formula is C16H11ClN6O. The number of hydrazone groups is 1. The van der Waals surface area contributed by atoms with Gasteiger partial charge in [-0.05, 0) is 42.5 Å². The lowest BCUT2D eigenvalue weighted by Crippen LogP contribution is -2.21. The smallest absolute Gasteiger partial charge is 0.227 e. The van der Waals surface area contributed by atoms with E-state index in [9.17, 15) is 0 Å². The maximum Gasteiger partial charge on any atom is 0.227 e. The van der Waals surface area contributed by atoms with Crippen LogP contribution in [0.4, 0.5) is 5.69 Å². The average Bonchev–Trinajstić information content (AvgIpc) is 2.98. The van der Waals surface area contributed by atoms with Crippen LogP contribution in [0.1, 0.15) is 0 Å². The van der Waals surface area contributed by atoms with Gasteiger partial charge in [0, 0.05) is 10.6 Å². The lowest BCUT2D eigenvalue weighted by Gasteiger charge is -2.02. The molecule has 7 nitrogen and oxygen atoms in total. The maximum absolute atomic E-state index is 8.78. The Labute approximate surface area is 141 Å². The molecule has 1 heterocycles. The van der Waals surface area contributed by atoms with Crippen molar-refractivity contribution < 1.29 is 4.42 Å². The van der Waals surface area contributed by atoms with Gasteiger partial charge in [-0.25, -0.2) is 4.98 Å². The molecule has 0 aliphatic rings. The number of anilines is 1. The summed E-state index contributed by atoms with van der Waals surface area (Å²) < 4.78 is 5.69. The molecule has 2 aromatic carbocycles. The fourth-order valence-corrected chi connectivity index (χ4v) is 2.14. The quantitative estimate of drug-likeness (QED) is 0.382. The zero-order valence-electron chi connectivity index (χ0n) is 12.2. The molecule has 3 aromatic rings. The lowest BCUT2D eigenvalue weighted by molar-refractivity contribution is 0.620. The molecule has 0 amide bonds. The minimum atomic E-state index is -0.397. The van der Waals surface area contributed by atoms with E-state index in [0.717, 1.165) is 5.56 Å². The third-order valence-electron chi connectivity index (χ3n) is 3.14. The molecule has 0 aliphatic heterocycles. The van der Waals surface area contributed by atoms with Crippen LogP contribution in [0, 0.1) is 16.7 Å². The van der Waals surface area contributed by atoms with E-state index in [0.29, 0.717) is 27.7 Å². The van der Waals surface area contributed by atoms with E-state index in [4.69, 9.17) is 32.4 Å². The van der Waals surface area contributed by atoms with Crippen LogP contribution in [0.15, 0.2) is 52.0 Å². The fourth-order valence-electron chi connectivity index (χ4n) is 1.98. The highest BCUT2D eigenvalue weighted by Crippen LogP contribution is 2.27. The number of aromatic nitrogens is 1. The first-order valence-corrected chi connectivity index (χ1v) is 7.19. The highest BCUT2D eigenvalue weighted by atomic mass is 35.5. The third kappa shape index (κ3) is 3.19. The molecule has 0 radical (unpaired) electrons. The maximum atomic E-state index is 8.78. The number of hydrogen-bond donors (Lipinski definition) is 3. The van der Waals surface area contributed by atoms with Gasteiger partial charge in [0.25, 0.3) is 0 Å². The fraction of sp³-hybridized carbons (Fsp3) is 0. The van der Waals surface area contributed by atoms with Crippen LogP contribution < -0.4 is 11.2 Å². The number of hydrogen-bond acceptors (Lipinski definition) is 6. The second-order valence-electron chi connectivity index (χ2n) is 4.81. The summed E-state index contributed by atoms with van der Waals surface area (Å²) in [6, 6.07) is 14.1. The molecule has 24 heavy (non-hydrogen) atoms. The molecule has 1 aromatic heterocycles. The number of benzene rings is 2. The van der Waals surface area contributed by atoms with Crippen molar-refractivity contribution in [2.75, 3.05) is 5.43 Å². The Morgan fingerprint density at radius 3 is 2.71 bits per heavy atom. The normalized spacial score (nSPS) is 11.2. The van der Waals surface area contributed by atoms with Gasteiger partial charge in [-0.3, -0.25) is 10.8 Å². The van der Waals surface area contributed by atoms with Gasteiger partial charge in [0.2, 0.25) is 11.6 Å². The van der Waals surface area contributed by atoms with Crippen molar-refractivity contribution in [2.24, 2.45) is 10.8 Å². The molecule has 0 spiro atoms. The highest BCUT2D eigenvalue weighted by Gasteiger charge is 2.08. The Morgan fingerprint density at radius 2 is 2.04 bits per heavy atom. The van der Waals surface area contributed by atoms with Gasteiger partial charge < -0.3 is 10.2 Å². The van der Waals surface area contributed by atoms with Crippen molar-refractivity contribution in [3.05, 3.63) is 47.5 Å². The van der Waals surface area contributed by atoms with Gasteiger partial charge in [-0.15, -0.1) is 0 Å². The predicted octanol–water partition coefficient (Wildman–Crippen LogP) is 3.38. The van der Waals surface area contributed by atoms with E-state index >= 15 is 0 Å². The zero-order valence-corrected chi connectivity index (χ0v) is 13.0. The van der Waals surface area contributed by atoms with Crippen molar-refractivity contribution in [1.82, 2.24) is 4.98 Å². The van der Waals surface area contributed by atoms with Gasteiger partial charge in [0.05, 0.1) is 5.69 Å². The van der Waals surface area contributed by atoms with Crippen LogP contribution in [-0.2, 0) is 0 Å². The minimum absolute atomic E-state index is 0.185. The number of halogens is 1. The van der Waals surface area contributed by atoms with E-state index in [2.05, 4.69) is 15.5 Å². The molecule has 0 unspecified atom stereocenters. The van der Waals surface area contributed by atoms with E-state index in [-0.39, 0.29) is 5.71 Å². The van der Waals surface area contributed by atoms with E-state index < -0.39 is 5.84 Å². The van der Waals surface area contributed by atoms with Crippen LogP contribution in [0.3, 0.4) is 0 Å². The molecule has 4 N–H and O–H groups in total. The summed E-state index contributed by atoms with van der Waals surface area (Å²) in [5.74, 6) is 0.0792. The second kappa shape index (κ2) is 6.40. The highest BCUT2D eigenvalue weighted by molar-refractivity contribution is 6.45. The molecule has 118 valence electrons. The Kier molecular flexibility index (Phi) is 4.14. The summed E-state index contributed by atoms with van der Waals surface area (Å²) in [4.78, 5) is 4.40. The largest absolute Gasteiger partial charge is 0.436 e. The molecule has 0 bridgehead atoms. The van der Waals surface area contributed by atoms with E-state index in [1.165, 1.54) is 0 Å². The molecule has 8 heteroatoms. The average molecular weight is 339 g/mol. The first kappa shape index (κ1) is 15.5. The molecule has 0 aliphatic carbocycles. The third-order valence-corrected chi connectivity index (χ3v) is 3.37. The molecule has 0 saturated heterocycles. The van der Waals surface area contributed by atoms with E-state index in [1.54, 1.807) is 48.5 Å². The zero-order chi connectivity index (χ0) is 17.1. The Balaban J connectivity index is 1.83. The Bertz CT molecular complexity index is 984. The second-order valence-corrected chi connectivity index (χ2v) is 5.24. The molecular weight excluding hydrogens is 328 g/mol. The number of rotatable bonds is 4. The summed E-state index contributed by atoms with van der Waals surface area (Å²) in [6.07, 6.45) is 0. The number of oxazole rings is 1. The molecule has 0 saturated carbocycles. The van der Waals surface area contributed by atoms with Gasteiger partial charge in [-0.2, -0.15) is 10.4 Å². The van der Waals surface area contributed by atoms with Gasteiger partial charge in [0.15, 0.2) is 11.4 Å². The van der Waals surface area contributed by atoms with Crippen molar-refractivity contribution in [3.63, 3.8) is 0 Å². The standard InChI is InChI=1S/C16H11ClN6O/c17-10-3-6-14-12(7-10)21-16(24-14)9-1-4-11(5-2-9)22-23-13(8-18)15(19)20/h1-7,22H,(H3,19,20)/b23-13+. The predicted molar refractivity (Wildman–Crippen MR) is 93.0 cm³/mol. The molecule has 0 fully saturated rings. The van der Waals surface area contributed by atoms with Crippen molar-refractivity contribution in [1.29, 1.82) is 10.7 Å². The summed E-state index contributed by atoms with van der Waals surface area (Å²) in [5.41, 5.74) is 10.5. The molecule has 0 atom stereocenters. The van der Waals surface area contributed by atoms with Gasteiger partial charge >= 0.3 is 0 Å². The lowest BCUT2D eigenvalue weighted by atomic mass is 10.2. The Morgan fingerprint density at radius 1 is 1.29 bits per heavy atom. The van der Waals surface area contributed by atoms with Crippen molar-refractivity contribution >= 4 is 39.9 Å². The topological polar surface area (TPSA) is 124 Å². The number of fused-ring (bicyclic) bond motifs is 1. The summed E-state index contributed by atoms with van der Waals surface area (Å²) in [7, 11) is 0. The van der Waals surface area contributed by atoms with Gasteiger partial charge in [-0.1, -0.05) is 11.6 Å². The monoisotopic (exact) mass is 338 g/mol. The van der Waals surface area contributed by atoms with Crippen LogP contribution in [0.25, 0.3) is 22.6 Å². The SMILES string of the molecule is N#C/C(=N\Nc1ccc(-c2nc3cc(Cl)ccc3o2)cc1)C(=N)N. The van der Waals surface area contributed by atoms with Crippen molar-refractivity contribution in [3.8, 4) is 17.5 Å². The van der Waals surface area contributed by atoms with Crippen LogP contribution in [0.2, 0.25) is 5.02 Å². The summed E-state index contributed by atoms with van der Waals surface area (Å²) in [5, 5.41) is 20.3. The number of nitrogens with one attached hydrogen (secondary N) is 2. The number of nitrogens with two attached hydrogens (primary N) is 1. The van der Waals surface area contributed by atoms with Crippen LogP contribution in [-0.4, -0.2) is 16.5 Å². The first-order chi connectivity index (χ1) is 11.6. The molecule has 3 rings (SSSR count). The number of amidine groups is 1. The van der Waals surface area contributed by atoms with Gasteiger partial charge in [0.1, 0.15) is 11.6 Å². The summed E-state index contributed by atoms with van der Waals surface area (Å²) >= 11 is 5.94. The first-order valence-electron chi connectivity index (χ1n) is 6.81. The van der Waals surface area contributed by atoms with E-state index in [1.807, 2.05) is 0 Å². The number of nitrogens with zero attached hydrogens (tertiary/aromatic N) is 3. The van der Waals surface area contributed by atoms with Crippen LogP contribution >= 0.6 is 11.6 Å². The number of nitriles is 1. The van der Waals surface area contributed by atoms with Crippen LogP contribution in [0.5, 0.6) is 0 Å². The summed E-state index contributed by atoms with van der Waals surface area (Å²) in [6.45, 7) is 0. The van der Waals surface area contributed by atoms with Crippen molar-refractivity contribution in [2.45, 2.75) is 0 Å². The minimum Gasteiger partial charge on any atom is -0.436 e.